The molecule has 0 atom stereocenters. The lowest BCUT2D eigenvalue weighted by Crippen LogP contribution is -2.34. The third-order valence-corrected chi connectivity index (χ3v) is 7.29. The van der Waals surface area contributed by atoms with Crippen LogP contribution in [0.4, 0.5) is 5.82 Å². The molecule has 3 heterocycles. The highest BCUT2D eigenvalue weighted by molar-refractivity contribution is 5.82. The number of anilines is 1. The summed E-state index contributed by atoms with van der Waals surface area (Å²) in [5.41, 5.74) is 13.9. The Morgan fingerprint density at radius 1 is 1.06 bits per heavy atom. The van der Waals surface area contributed by atoms with Crippen molar-refractivity contribution in [2.24, 2.45) is 0 Å². The Morgan fingerprint density at radius 2 is 1.92 bits per heavy atom. The molecule has 0 amide bonds. The first-order chi connectivity index (χ1) is 17.6. The summed E-state index contributed by atoms with van der Waals surface area (Å²) in [7, 11) is 0. The summed E-state index contributed by atoms with van der Waals surface area (Å²) in [5.74, 6) is 1.20. The van der Waals surface area contributed by atoms with Gasteiger partial charge >= 0.3 is 6.01 Å². The van der Waals surface area contributed by atoms with E-state index in [-0.39, 0.29) is 0 Å². The van der Waals surface area contributed by atoms with Crippen LogP contribution in [0.1, 0.15) is 48.2 Å². The molecule has 0 unspecified atom stereocenters. The van der Waals surface area contributed by atoms with Gasteiger partial charge in [-0.1, -0.05) is 61.0 Å². The quantitative estimate of drug-likeness (QED) is 0.402. The fraction of sp³-hybridized carbons (Fsp3) is 0.345. The summed E-state index contributed by atoms with van der Waals surface area (Å²) in [4.78, 5) is 13.6. The third kappa shape index (κ3) is 4.58. The van der Waals surface area contributed by atoms with Gasteiger partial charge in [0.1, 0.15) is 5.82 Å². The van der Waals surface area contributed by atoms with E-state index in [4.69, 9.17) is 10.5 Å². The predicted molar refractivity (Wildman–Crippen MR) is 143 cm³/mol. The number of nitrogens with zero attached hydrogens (tertiary/aromatic N) is 4. The first-order valence-corrected chi connectivity index (χ1v) is 12.9. The minimum atomic E-state index is 0.300. The molecular weight excluding hydrogens is 448 g/mol. The molecule has 2 aromatic carbocycles. The van der Waals surface area contributed by atoms with E-state index in [0.717, 1.165) is 25.2 Å². The summed E-state index contributed by atoms with van der Waals surface area (Å²) < 4.78 is 7.89. The van der Waals surface area contributed by atoms with E-state index in [9.17, 15) is 0 Å². The zero-order valence-corrected chi connectivity index (χ0v) is 20.7. The van der Waals surface area contributed by atoms with Crippen molar-refractivity contribution in [2.75, 3.05) is 12.3 Å². The number of aryl methyl sites for hydroxylation is 1. The van der Waals surface area contributed by atoms with Crippen molar-refractivity contribution in [3.63, 3.8) is 0 Å². The highest BCUT2D eigenvalue weighted by Crippen LogP contribution is 2.28. The summed E-state index contributed by atoms with van der Waals surface area (Å²) in [6, 6.07) is 16.8. The van der Waals surface area contributed by atoms with Crippen molar-refractivity contribution in [3.05, 3.63) is 77.1 Å². The maximum absolute atomic E-state index is 6.19. The van der Waals surface area contributed by atoms with E-state index in [1.54, 1.807) is 0 Å². The van der Waals surface area contributed by atoms with Gasteiger partial charge in [-0.25, -0.2) is 4.98 Å². The standard InChI is InChI=1S/C29H32N6O/c1-19-32-26-27(30)33-29-34-28(26)35(19)18-21-11-14-25(23(16-21)6-3-2-4-15-36-29)22-12-9-20(10-13-22)17-31-24-7-5-8-24/h2-3,9-14,16,24,31H,4-8,15,17-18H2,1H3,(H2,30,33,34)/b3-2+. The number of hydrogen-bond acceptors (Lipinski definition) is 6. The van der Waals surface area contributed by atoms with Gasteiger partial charge in [0.15, 0.2) is 17.0 Å². The maximum atomic E-state index is 6.19. The molecule has 1 saturated carbocycles. The molecule has 7 nitrogen and oxygen atoms in total. The lowest BCUT2D eigenvalue weighted by molar-refractivity contribution is 0.300. The number of aromatic nitrogens is 4. The first kappa shape index (κ1) is 22.7. The average molecular weight is 481 g/mol. The summed E-state index contributed by atoms with van der Waals surface area (Å²) in [6.07, 6.45) is 10.00. The predicted octanol–water partition coefficient (Wildman–Crippen LogP) is 4.96. The number of nitrogens with one attached hydrogen (secondary N) is 1. The summed E-state index contributed by atoms with van der Waals surface area (Å²) >= 11 is 0. The van der Waals surface area contributed by atoms with E-state index in [0.29, 0.717) is 42.2 Å². The summed E-state index contributed by atoms with van der Waals surface area (Å²) in [5, 5.41) is 3.66. The Hall–Kier alpha value is -3.71. The minimum absolute atomic E-state index is 0.300. The van der Waals surface area contributed by atoms with E-state index >= 15 is 0 Å². The first-order valence-electron chi connectivity index (χ1n) is 12.9. The molecule has 4 aromatic rings. The number of nitrogen functional groups attached to an aromatic ring is 1. The zero-order valence-electron chi connectivity index (χ0n) is 20.7. The lowest BCUT2D eigenvalue weighted by Gasteiger charge is -2.26. The van der Waals surface area contributed by atoms with Gasteiger partial charge in [0.25, 0.3) is 0 Å². The molecular formula is C29H32N6O. The summed E-state index contributed by atoms with van der Waals surface area (Å²) in [6.45, 7) is 4.07. The van der Waals surface area contributed by atoms with Crippen LogP contribution in [-0.2, 0) is 19.5 Å². The highest BCUT2D eigenvalue weighted by Gasteiger charge is 2.17. The molecule has 2 aliphatic rings. The molecule has 0 saturated heterocycles. The van der Waals surface area contributed by atoms with Crippen molar-refractivity contribution >= 4 is 17.0 Å². The van der Waals surface area contributed by atoms with Crippen LogP contribution in [0.5, 0.6) is 6.01 Å². The van der Waals surface area contributed by atoms with Crippen molar-refractivity contribution in [3.8, 4) is 17.1 Å². The number of rotatable bonds is 4. The average Bonchev–Trinajstić information content (AvgIpc) is 3.16. The fourth-order valence-corrected chi connectivity index (χ4v) is 4.97. The lowest BCUT2D eigenvalue weighted by atomic mass is 9.92. The van der Waals surface area contributed by atoms with E-state index in [2.05, 4.69) is 79.5 Å². The Kier molecular flexibility index (Phi) is 6.15. The monoisotopic (exact) mass is 480 g/mol. The van der Waals surface area contributed by atoms with Gasteiger partial charge in [-0.2, -0.15) is 9.97 Å². The Morgan fingerprint density at radius 3 is 2.72 bits per heavy atom. The molecule has 184 valence electrons. The van der Waals surface area contributed by atoms with Gasteiger partial charge in [-0.15, -0.1) is 0 Å². The molecule has 7 heteroatoms. The number of imidazole rings is 1. The largest absolute Gasteiger partial charge is 0.463 e. The van der Waals surface area contributed by atoms with Crippen LogP contribution in [0.2, 0.25) is 0 Å². The van der Waals surface area contributed by atoms with Crippen LogP contribution >= 0.6 is 0 Å². The van der Waals surface area contributed by atoms with E-state index < -0.39 is 0 Å². The Bertz CT molecular complexity index is 1420. The molecule has 6 rings (SSSR count). The second-order valence-electron chi connectivity index (χ2n) is 9.82. The topological polar surface area (TPSA) is 90.9 Å². The van der Waals surface area contributed by atoms with Crippen LogP contribution in [0.25, 0.3) is 22.3 Å². The van der Waals surface area contributed by atoms with E-state index in [1.165, 1.54) is 47.1 Å². The highest BCUT2D eigenvalue weighted by atomic mass is 16.5. The molecule has 1 aliphatic carbocycles. The van der Waals surface area contributed by atoms with E-state index in [1.807, 2.05) is 6.92 Å². The van der Waals surface area contributed by atoms with Gasteiger partial charge in [0.05, 0.1) is 13.2 Å². The number of nitrogens with two attached hydrogens (primary N) is 1. The van der Waals surface area contributed by atoms with Gasteiger partial charge in [-0.3, -0.25) is 0 Å². The van der Waals surface area contributed by atoms with Gasteiger partial charge in [0.2, 0.25) is 0 Å². The van der Waals surface area contributed by atoms with Crippen molar-refractivity contribution in [1.29, 1.82) is 0 Å². The SMILES string of the molecule is Cc1nc2c(N)nc3nc2n1Cc1ccc(-c2ccc(CNC4CCC4)cc2)c(c1)C/C=C/CCO3. The third-order valence-electron chi connectivity index (χ3n) is 7.29. The van der Waals surface area contributed by atoms with Crippen LogP contribution in [0, 0.1) is 6.92 Å². The zero-order chi connectivity index (χ0) is 24.5. The molecule has 2 aromatic heterocycles. The van der Waals surface area contributed by atoms with Crippen molar-refractivity contribution < 1.29 is 4.74 Å². The number of hydrogen-bond donors (Lipinski definition) is 2. The number of benzene rings is 2. The Labute approximate surface area is 211 Å². The second kappa shape index (κ2) is 9.74. The fourth-order valence-electron chi connectivity index (χ4n) is 4.97. The normalized spacial score (nSPS) is 16.9. The molecule has 1 fully saturated rings. The number of fused-ring (bicyclic) bond motifs is 3. The molecule has 3 N–H and O–H groups in total. The van der Waals surface area contributed by atoms with Crippen molar-refractivity contribution in [2.45, 2.75) is 58.2 Å². The smallest absolute Gasteiger partial charge is 0.320 e. The van der Waals surface area contributed by atoms with Gasteiger partial charge in [-0.05, 0) is 60.4 Å². The second-order valence-corrected chi connectivity index (χ2v) is 9.82. The molecule has 0 radical (unpaired) electrons. The van der Waals surface area contributed by atoms with Crippen LogP contribution < -0.4 is 15.8 Å². The van der Waals surface area contributed by atoms with Crippen LogP contribution in [0.3, 0.4) is 0 Å². The van der Waals surface area contributed by atoms with Crippen LogP contribution in [-0.4, -0.2) is 32.2 Å². The molecule has 4 bridgehead atoms. The molecule has 36 heavy (non-hydrogen) atoms. The van der Waals surface area contributed by atoms with Gasteiger partial charge in [0, 0.05) is 12.6 Å². The van der Waals surface area contributed by atoms with Gasteiger partial charge < -0.3 is 20.4 Å². The Balaban J connectivity index is 1.33. The van der Waals surface area contributed by atoms with Crippen molar-refractivity contribution in [1.82, 2.24) is 24.8 Å². The molecule has 1 aliphatic heterocycles. The van der Waals surface area contributed by atoms with Crippen LogP contribution in [0.15, 0.2) is 54.6 Å². The number of allylic oxidation sites excluding steroid dienone is 1. The maximum Gasteiger partial charge on any atom is 0.320 e. The minimum Gasteiger partial charge on any atom is -0.463 e. The number of ether oxygens (including phenoxy) is 1. The molecule has 0 spiro atoms.